The molecular weight excluding hydrogens is 338 g/mol. The lowest BCUT2D eigenvalue weighted by molar-refractivity contribution is -0.384. The maximum Gasteiger partial charge on any atom is 0.288 e. The van der Waals surface area contributed by atoms with Crippen LogP contribution in [-0.4, -0.2) is 14.8 Å². The summed E-state index contributed by atoms with van der Waals surface area (Å²) in [5.41, 5.74) is 1.01. The van der Waals surface area contributed by atoms with Gasteiger partial charge in [0.1, 0.15) is 10.5 Å². The van der Waals surface area contributed by atoms with E-state index in [1.165, 1.54) is 36.4 Å². The van der Waals surface area contributed by atoms with Crippen LogP contribution in [0.15, 0.2) is 40.8 Å². The van der Waals surface area contributed by atoms with Gasteiger partial charge in [-0.2, -0.15) is 0 Å². The number of fused-ring (bicyclic) bond motifs is 1. The fraction of sp³-hybridized carbons (Fsp3) is 0. The van der Waals surface area contributed by atoms with Crippen LogP contribution in [0, 0.1) is 20.2 Å². The highest BCUT2D eigenvalue weighted by Crippen LogP contribution is 2.26. The Morgan fingerprint density at radius 2 is 1.83 bits per heavy atom. The van der Waals surface area contributed by atoms with Gasteiger partial charge in [-0.05, 0) is 23.8 Å². The molecule has 0 atom stereocenters. The van der Waals surface area contributed by atoms with E-state index in [0.717, 1.165) is 0 Å². The first-order valence-electron chi connectivity index (χ1n) is 6.61. The summed E-state index contributed by atoms with van der Waals surface area (Å²) in [7, 11) is 0. The lowest BCUT2D eigenvalue weighted by Gasteiger charge is -1.96. The van der Waals surface area contributed by atoms with Crippen LogP contribution in [0.2, 0.25) is 5.02 Å². The molecular formula is C15H8ClN3O5. The van der Waals surface area contributed by atoms with Gasteiger partial charge < -0.3 is 4.42 Å². The van der Waals surface area contributed by atoms with Gasteiger partial charge in [0, 0.05) is 24.3 Å². The van der Waals surface area contributed by atoms with Crippen LogP contribution in [0.1, 0.15) is 11.5 Å². The number of halogens is 1. The molecule has 3 aromatic rings. The number of rotatable bonds is 4. The number of non-ortho nitro benzene ring substituents is 1. The van der Waals surface area contributed by atoms with Crippen molar-refractivity contribution in [1.29, 1.82) is 0 Å². The SMILES string of the molecule is O=[N+]([O-])c1ccc2oc(/C=C/c3ccc(Cl)c([N+](=O)[O-])c3)nc2c1. The van der Waals surface area contributed by atoms with Crippen molar-refractivity contribution < 1.29 is 14.3 Å². The zero-order valence-corrected chi connectivity index (χ0v) is 12.6. The predicted octanol–water partition coefficient (Wildman–Crippen LogP) is 4.47. The standard InChI is InChI=1S/C15H8ClN3O5/c16-11-4-1-9(7-13(11)19(22)23)2-6-15-17-12-8-10(18(20)21)3-5-14(12)24-15/h1-8H/b6-2+. The molecule has 1 heterocycles. The van der Waals surface area contributed by atoms with E-state index in [2.05, 4.69) is 4.98 Å². The lowest BCUT2D eigenvalue weighted by Crippen LogP contribution is -1.89. The Morgan fingerprint density at radius 1 is 1.04 bits per heavy atom. The topological polar surface area (TPSA) is 112 Å². The van der Waals surface area contributed by atoms with Crippen molar-refractivity contribution in [3.8, 4) is 0 Å². The first kappa shape index (κ1) is 15.6. The van der Waals surface area contributed by atoms with Crippen LogP contribution in [0.5, 0.6) is 0 Å². The third-order valence-corrected chi connectivity index (χ3v) is 3.50. The molecule has 0 spiro atoms. The number of hydrogen-bond acceptors (Lipinski definition) is 6. The van der Waals surface area contributed by atoms with E-state index >= 15 is 0 Å². The molecule has 0 saturated heterocycles. The van der Waals surface area contributed by atoms with Gasteiger partial charge in [-0.1, -0.05) is 17.7 Å². The van der Waals surface area contributed by atoms with E-state index < -0.39 is 9.85 Å². The molecule has 120 valence electrons. The molecule has 0 unspecified atom stereocenters. The monoisotopic (exact) mass is 345 g/mol. The van der Waals surface area contributed by atoms with E-state index in [4.69, 9.17) is 16.0 Å². The molecule has 1 aromatic heterocycles. The Balaban J connectivity index is 1.92. The minimum atomic E-state index is -0.571. The molecule has 0 fully saturated rings. The minimum Gasteiger partial charge on any atom is -0.437 e. The van der Waals surface area contributed by atoms with Crippen LogP contribution in [0.3, 0.4) is 0 Å². The quantitative estimate of drug-likeness (QED) is 0.509. The van der Waals surface area contributed by atoms with Crippen LogP contribution in [-0.2, 0) is 0 Å². The fourth-order valence-corrected chi connectivity index (χ4v) is 2.25. The molecule has 0 bridgehead atoms. The number of benzene rings is 2. The van der Waals surface area contributed by atoms with E-state index in [9.17, 15) is 20.2 Å². The first-order valence-corrected chi connectivity index (χ1v) is 6.99. The van der Waals surface area contributed by atoms with E-state index in [1.54, 1.807) is 12.1 Å². The zero-order chi connectivity index (χ0) is 17.3. The minimum absolute atomic E-state index is 0.0475. The number of nitrogens with zero attached hydrogens (tertiary/aromatic N) is 3. The summed E-state index contributed by atoms with van der Waals surface area (Å²) in [4.78, 5) is 24.6. The highest BCUT2D eigenvalue weighted by molar-refractivity contribution is 6.32. The third-order valence-electron chi connectivity index (χ3n) is 3.18. The molecule has 0 saturated carbocycles. The number of nitro groups is 2. The molecule has 0 aliphatic rings. The molecule has 2 aromatic carbocycles. The van der Waals surface area contributed by atoms with Gasteiger partial charge in [-0.15, -0.1) is 0 Å². The second-order valence-electron chi connectivity index (χ2n) is 4.76. The molecule has 0 amide bonds. The van der Waals surface area contributed by atoms with Crippen LogP contribution < -0.4 is 0 Å². The molecule has 9 heteroatoms. The maximum atomic E-state index is 10.9. The molecule has 24 heavy (non-hydrogen) atoms. The van der Waals surface area contributed by atoms with Crippen LogP contribution in [0.25, 0.3) is 23.3 Å². The normalized spacial score (nSPS) is 11.2. The van der Waals surface area contributed by atoms with Crippen molar-refractivity contribution in [3.63, 3.8) is 0 Å². The van der Waals surface area contributed by atoms with Crippen molar-refractivity contribution in [2.45, 2.75) is 0 Å². The van der Waals surface area contributed by atoms with Gasteiger partial charge in [0.2, 0.25) is 5.89 Å². The summed E-state index contributed by atoms with van der Waals surface area (Å²) in [6.45, 7) is 0. The Bertz CT molecular complexity index is 996. The van der Waals surface area contributed by atoms with Gasteiger partial charge in [-0.3, -0.25) is 20.2 Å². The van der Waals surface area contributed by atoms with Crippen molar-refractivity contribution in [2.24, 2.45) is 0 Å². The smallest absolute Gasteiger partial charge is 0.288 e. The third kappa shape index (κ3) is 3.08. The van der Waals surface area contributed by atoms with Gasteiger partial charge in [0.15, 0.2) is 5.58 Å². The van der Waals surface area contributed by atoms with Gasteiger partial charge >= 0.3 is 0 Å². The van der Waals surface area contributed by atoms with Gasteiger partial charge in [-0.25, -0.2) is 4.98 Å². The summed E-state index contributed by atoms with van der Waals surface area (Å²) in [5.74, 6) is 0.225. The summed E-state index contributed by atoms with van der Waals surface area (Å²) < 4.78 is 5.45. The maximum absolute atomic E-state index is 10.9. The van der Waals surface area contributed by atoms with Crippen molar-refractivity contribution in [2.75, 3.05) is 0 Å². The molecule has 3 rings (SSSR count). The Morgan fingerprint density at radius 3 is 2.54 bits per heavy atom. The Kier molecular flexibility index (Phi) is 3.97. The van der Waals surface area contributed by atoms with Crippen molar-refractivity contribution >= 4 is 46.2 Å². The molecule has 0 aliphatic heterocycles. The van der Waals surface area contributed by atoms with Crippen molar-refractivity contribution in [3.05, 3.63) is 73.1 Å². The highest BCUT2D eigenvalue weighted by Gasteiger charge is 2.12. The summed E-state index contributed by atoms with van der Waals surface area (Å²) in [6, 6.07) is 8.46. The summed E-state index contributed by atoms with van der Waals surface area (Å²) >= 11 is 5.75. The highest BCUT2D eigenvalue weighted by atomic mass is 35.5. The van der Waals surface area contributed by atoms with E-state index in [-0.39, 0.29) is 22.3 Å². The average molecular weight is 346 g/mol. The van der Waals surface area contributed by atoms with Gasteiger partial charge in [0.05, 0.1) is 9.85 Å². The average Bonchev–Trinajstić information content (AvgIpc) is 2.95. The number of hydrogen-bond donors (Lipinski definition) is 0. The second-order valence-corrected chi connectivity index (χ2v) is 5.17. The number of aromatic nitrogens is 1. The second kappa shape index (κ2) is 6.09. The largest absolute Gasteiger partial charge is 0.437 e. The van der Waals surface area contributed by atoms with Crippen molar-refractivity contribution in [1.82, 2.24) is 4.98 Å². The predicted molar refractivity (Wildman–Crippen MR) is 87.7 cm³/mol. The zero-order valence-electron chi connectivity index (χ0n) is 11.9. The Labute approximate surface area is 139 Å². The Hall–Kier alpha value is -3.26. The molecule has 0 N–H and O–H groups in total. The summed E-state index contributed by atoms with van der Waals surface area (Å²) in [5, 5.41) is 21.7. The first-order chi connectivity index (χ1) is 11.4. The van der Waals surface area contributed by atoms with Crippen LogP contribution >= 0.6 is 11.6 Å². The molecule has 8 nitrogen and oxygen atoms in total. The van der Waals surface area contributed by atoms with E-state index in [0.29, 0.717) is 16.7 Å². The number of oxazole rings is 1. The van der Waals surface area contributed by atoms with Crippen LogP contribution in [0.4, 0.5) is 11.4 Å². The lowest BCUT2D eigenvalue weighted by atomic mass is 10.2. The number of nitro benzene ring substituents is 2. The van der Waals surface area contributed by atoms with E-state index in [1.807, 2.05) is 0 Å². The summed E-state index contributed by atoms with van der Waals surface area (Å²) in [6.07, 6.45) is 3.08. The fourth-order valence-electron chi connectivity index (χ4n) is 2.06. The molecule has 0 radical (unpaired) electrons. The molecule has 0 aliphatic carbocycles. The van der Waals surface area contributed by atoms with Gasteiger partial charge in [0.25, 0.3) is 11.4 Å².